The zero-order valence-corrected chi connectivity index (χ0v) is 13.5. The van der Waals surface area contributed by atoms with E-state index >= 15 is 0 Å². The summed E-state index contributed by atoms with van der Waals surface area (Å²) in [5.74, 6) is -1.46. The van der Waals surface area contributed by atoms with Crippen molar-refractivity contribution in [3.8, 4) is 0 Å². The molecule has 0 radical (unpaired) electrons. The van der Waals surface area contributed by atoms with Crippen molar-refractivity contribution in [2.24, 2.45) is 0 Å². The van der Waals surface area contributed by atoms with Gasteiger partial charge >= 0.3 is 5.97 Å². The van der Waals surface area contributed by atoms with Crippen LogP contribution in [0.4, 0.5) is 4.39 Å². The fourth-order valence-electron chi connectivity index (χ4n) is 2.89. The number of morpholine rings is 1. The van der Waals surface area contributed by atoms with Gasteiger partial charge in [0, 0.05) is 6.54 Å². The van der Waals surface area contributed by atoms with E-state index in [2.05, 4.69) is 0 Å². The molecule has 1 fully saturated rings. The lowest BCUT2D eigenvalue weighted by Gasteiger charge is -2.33. The minimum atomic E-state index is -1.02. The number of rotatable bonds is 4. The van der Waals surface area contributed by atoms with Gasteiger partial charge in [-0.1, -0.05) is 24.3 Å². The molecule has 0 saturated carbocycles. The second-order valence-corrected chi connectivity index (χ2v) is 5.94. The Balaban J connectivity index is 1.68. The summed E-state index contributed by atoms with van der Waals surface area (Å²) in [4.78, 5) is 25.2. The number of carbonyl (C=O) groups is 2. The van der Waals surface area contributed by atoms with Crippen LogP contribution in [0.3, 0.4) is 0 Å². The highest BCUT2D eigenvalue weighted by Crippen LogP contribution is 2.23. The van der Waals surface area contributed by atoms with Crippen molar-refractivity contribution >= 4 is 11.9 Å². The molecule has 1 saturated heterocycles. The fraction of sp³-hybridized carbons (Fsp3) is 0.263. The van der Waals surface area contributed by atoms with Crippen molar-refractivity contribution < 1.29 is 23.8 Å². The largest absolute Gasteiger partial charge is 0.478 e. The van der Waals surface area contributed by atoms with Crippen molar-refractivity contribution in [3.63, 3.8) is 0 Å². The molecule has 1 heterocycles. The van der Waals surface area contributed by atoms with Gasteiger partial charge in [0.2, 0.25) is 5.91 Å². The fourth-order valence-corrected chi connectivity index (χ4v) is 2.89. The Hall–Kier alpha value is -2.73. The summed E-state index contributed by atoms with van der Waals surface area (Å²) in [7, 11) is 0. The first-order valence-electron chi connectivity index (χ1n) is 8.00. The van der Waals surface area contributed by atoms with E-state index in [0.717, 1.165) is 0 Å². The van der Waals surface area contributed by atoms with Crippen molar-refractivity contribution in [3.05, 3.63) is 71.0 Å². The van der Waals surface area contributed by atoms with Gasteiger partial charge in [-0.05, 0) is 35.4 Å². The van der Waals surface area contributed by atoms with Crippen LogP contribution < -0.4 is 0 Å². The second-order valence-electron chi connectivity index (χ2n) is 5.94. The minimum absolute atomic E-state index is 0.104. The van der Waals surface area contributed by atoms with Crippen LogP contribution in [0.2, 0.25) is 0 Å². The van der Waals surface area contributed by atoms with Gasteiger partial charge in [-0.3, -0.25) is 4.79 Å². The highest BCUT2D eigenvalue weighted by molar-refractivity contribution is 5.88. The number of aromatic carboxylic acids is 1. The van der Waals surface area contributed by atoms with E-state index in [1.165, 1.54) is 24.3 Å². The molecule has 0 bridgehead atoms. The maximum absolute atomic E-state index is 13.4. The maximum Gasteiger partial charge on any atom is 0.335 e. The number of halogens is 1. The molecule has 5 nitrogen and oxygen atoms in total. The topological polar surface area (TPSA) is 66.8 Å². The molecule has 2 aromatic carbocycles. The van der Waals surface area contributed by atoms with E-state index in [-0.39, 0.29) is 29.8 Å². The molecule has 3 rings (SSSR count). The van der Waals surface area contributed by atoms with Crippen LogP contribution in [0.25, 0.3) is 0 Å². The van der Waals surface area contributed by atoms with E-state index < -0.39 is 5.97 Å². The number of hydrogen-bond donors (Lipinski definition) is 1. The highest BCUT2D eigenvalue weighted by Gasteiger charge is 2.25. The Labute approximate surface area is 144 Å². The lowest BCUT2D eigenvalue weighted by atomic mass is 10.1. The number of hydrogen-bond acceptors (Lipinski definition) is 3. The Bertz CT molecular complexity index is 792. The summed E-state index contributed by atoms with van der Waals surface area (Å²) in [5, 5.41) is 9.03. The molecule has 1 aliphatic heterocycles. The van der Waals surface area contributed by atoms with E-state index in [1.54, 1.807) is 29.2 Å². The first kappa shape index (κ1) is 17.1. The van der Waals surface area contributed by atoms with E-state index in [1.807, 2.05) is 0 Å². The zero-order chi connectivity index (χ0) is 17.8. The normalized spacial score (nSPS) is 17.3. The standard InChI is InChI=1S/C19H18FNO4/c20-16-6-2-4-14(11-16)17-12-21(7-8-25-17)18(22)10-13-3-1-5-15(9-13)19(23)24/h1-6,9,11,17H,7-8,10,12H2,(H,23,24)/t17-/m1/s1. The average Bonchev–Trinajstić information content (AvgIpc) is 2.62. The average molecular weight is 343 g/mol. The molecule has 2 aromatic rings. The van der Waals surface area contributed by atoms with E-state index in [0.29, 0.717) is 30.8 Å². The summed E-state index contributed by atoms with van der Waals surface area (Å²) in [6.07, 6.45) is -0.240. The Morgan fingerprint density at radius 3 is 2.76 bits per heavy atom. The number of ether oxygens (including phenoxy) is 1. The van der Waals surface area contributed by atoms with Crippen LogP contribution in [0.5, 0.6) is 0 Å². The predicted octanol–water partition coefficient (Wildman–Crippen LogP) is 2.67. The third kappa shape index (κ3) is 4.22. The van der Waals surface area contributed by atoms with E-state index in [9.17, 15) is 14.0 Å². The molecule has 6 heteroatoms. The van der Waals surface area contributed by atoms with Crippen molar-refractivity contribution in [1.29, 1.82) is 0 Å². The van der Waals surface area contributed by atoms with Gasteiger partial charge in [0.15, 0.2) is 0 Å². The molecule has 0 aromatic heterocycles. The number of amides is 1. The van der Waals surface area contributed by atoms with Gasteiger partial charge in [0.1, 0.15) is 11.9 Å². The summed E-state index contributed by atoms with van der Waals surface area (Å²) in [6, 6.07) is 12.5. The van der Waals surface area contributed by atoms with Gasteiger partial charge in [0.05, 0.1) is 25.1 Å². The quantitative estimate of drug-likeness (QED) is 0.927. The lowest BCUT2D eigenvalue weighted by Crippen LogP contribution is -2.43. The number of nitrogens with zero attached hydrogens (tertiary/aromatic N) is 1. The molecule has 1 atom stereocenters. The highest BCUT2D eigenvalue weighted by atomic mass is 19.1. The van der Waals surface area contributed by atoms with Gasteiger partial charge in [-0.25, -0.2) is 9.18 Å². The monoisotopic (exact) mass is 343 g/mol. The molecule has 130 valence electrons. The van der Waals surface area contributed by atoms with Crippen LogP contribution in [0.15, 0.2) is 48.5 Å². The molecule has 1 amide bonds. The van der Waals surface area contributed by atoms with Gasteiger partial charge in [0.25, 0.3) is 0 Å². The molecule has 0 unspecified atom stereocenters. The second kappa shape index (κ2) is 7.44. The summed E-state index contributed by atoms with van der Waals surface area (Å²) in [6.45, 7) is 1.19. The number of carboxylic acids is 1. The van der Waals surface area contributed by atoms with Crippen LogP contribution >= 0.6 is 0 Å². The maximum atomic E-state index is 13.4. The van der Waals surface area contributed by atoms with Crippen molar-refractivity contribution in [2.45, 2.75) is 12.5 Å². The van der Waals surface area contributed by atoms with Crippen LogP contribution in [0.1, 0.15) is 27.6 Å². The number of carboxylic acid groups (broad SMARTS) is 1. The smallest absolute Gasteiger partial charge is 0.335 e. The van der Waals surface area contributed by atoms with Crippen LogP contribution in [0, 0.1) is 5.82 Å². The SMILES string of the molecule is O=C(O)c1cccc(CC(=O)N2CCO[C@@H](c3cccc(F)c3)C2)c1. The Kier molecular flexibility index (Phi) is 5.09. The Morgan fingerprint density at radius 1 is 1.20 bits per heavy atom. The minimum Gasteiger partial charge on any atom is -0.478 e. The molecule has 0 spiro atoms. The molecular weight excluding hydrogens is 325 g/mol. The lowest BCUT2D eigenvalue weighted by molar-refractivity contribution is -0.138. The van der Waals surface area contributed by atoms with Crippen molar-refractivity contribution in [1.82, 2.24) is 4.90 Å². The third-order valence-electron chi connectivity index (χ3n) is 4.17. The summed E-state index contributed by atoms with van der Waals surface area (Å²) in [5.41, 5.74) is 1.51. The molecule has 1 N–H and O–H groups in total. The molecular formula is C19H18FNO4. The van der Waals surface area contributed by atoms with Gasteiger partial charge in [-0.2, -0.15) is 0 Å². The zero-order valence-electron chi connectivity index (χ0n) is 13.5. The molecule has 1 aliphatic rings. The summed E-state index contributed by atoms with van der Waals surface area (Å²) < 4.78 is 19.0. The van der Waals surface area contributed by atoms with Gasteiger partial charge in [-0.15, -0.1) is 0 Å². The van der Waals surface area contributed by atoms with E-state index in [4.69, 9.17) is 9.84 Å². The number of benzene rings is 2. The first-order valence-corrected chi connectivity index (χ1v) is 8.00. The van der Waals surface area contributed by atoms with Gasteiger partial charge < -0.3 is 14.7 Å². The molecule has 25 heavy (non-hydrogen) atoms. The summed E-state index contributed by atoms with van der Waals surface area (Å²) >= 11 is 0. The first-order chi connectivity index (χ1) is 12.0. The number of carbonyl (C=O) groups excluding carboxylic acids is 1. The van der Waals surface area contributed by atoms with Crippen molar-refractivity contribution in [2.75, 3.05) is 19.7 Å². The molecule has 0 aliphatic carbocycles. The Morgan fingerprint density at radius 2 is 2.00 bits per heavy atom. The van der Waals surface area contributed by atoms with Crippen LogP contribution in [-0.4, -0.2) is 41.6 Å². The van der Waals surface area contributed by atoms with Crippen LogP contribution in [-0.2, 0) is 16.0 Å². The third-order valence-corrected chi connectivity index (χ3v) is 4.17. The predicted molar refractivity (Wildman–Crippen MR) is 88.8 cm³/mol.